The zero-order chi connectivity index (χ0) is 12.6. The number of pyridine rings is 1. The van der Waals surface area contributed by atoms with Crippen molar-refractivity contribution in [2.45, 2.75) is 20.3 Å². The van der Waals surface area contributed by atoms with Crippen molar-refractivity contribution in [2.24, 2.45) is 5.92 Å². The van der Waals surface area contributed by atoms with Crippen molar-refractivity contribution in [1.82, 2.24) is 9.38 Å². The second kappa shape index (κ2) is 4.45. The molecular formula is C12H12ClFN2O. The van der Waals surface area contributed by atoms with E-state index in [2.05, 4.69) is 4.98 Å². The van der Waals surface area contributed by atoms with Gasteiger partial charge in [0.05, 0.1) is 5.56 Å². The Hall–Kier alpha value is -1.42. The van der Waals surface area contributed by atoms with Crippen LogP contribution < -0.4 is 5.56 Å². The summed E-state index contributed by atoms with van der Waals surface area (Å²) in [6.45, 7) is 3.96. The van der Waals surface area contributed by atoms with Gasteiger partial charge in [-0.3, -0.25) is 9.20 Å². The Bertz CT molecular complexity index is 622. The van der Waals surface area contributed by atoms with Crippen molar-refractivity contribution >= 4 is 17.2 Å². The van der Waals surface area contributed by atoms with E-state index in [0.717, 1.165) is 0 Å². The first kappa shape index (κ1) is 12.0. The number of aromatic nitrogens is 2. The van der Waals surface area contributed by atoms with Gasteiger partial charge in [0.25, 0.3) is 5.56 Å². The van der Waals surface area contributed by atoms with Gasteiger partial charge in [0.15, 0.2) is 11.5 Å². The van der Waals surface area contributed by atoms with E-state index in [0.29, 0.717) is 12.0 Å². The average molecular weight is 255 g/mol. The topological polar surface area (TPSA) is 34.4 Å². The molecule has 2 aromatic rings. The van der Waals surface area contributed by atoms with Crippen LogP contribution in [0.1, 0.15) is 19.4 Å². The van der Waals surface area contributed by atoms with E-state index in [1.807, 2.05) is 13.8 Å². The maximum Gasteiger partial charge on any atom is 0.262 e. The number of halogens is 2. The molecule has 2 heterocycles. The highest BCUT2D eigenvalue weighted by Gasteiger charge is 2.14. The molecule has 0 amide bonds. The van der Waals surface area contributed by atoms with Crippen molar-refractivity contribution in [2.75, 3.05) is 0 Å². The summed E-state index contributed by atoms with van der Waals surface area (Å²) >= 11 is 5.93. The third kappa shape index (κ3) is 2.17. The number of fused-ring (bicyclic) bond motifs is 1. The Kier molecular flexibility index (Phi) is 3.15. The van der Waals surface area contributed by atoms with Crippen molar-refractivity contribution < 1.29 is 4.39 Å². The fourth-order valence-corrected chi connectivity index (χ4v) is 1.96. The van der Waals surface area contributed by atoms with Crippen LogP contribution in [0.2, 0.25) is 5.15 Å². The number of hydrogen-bond acceptors (Lipinski definition) is 2. The van der Waals surface area contributed by atoms with E-state index in [-0.39, 0.29) is 22.3 Å². The molecule has 17 heavy (non-hydrogen) atoms. The molecule has 0 saturated carbocycles. The van der Waals surface area contributed by atoms with Crippen LogP contribution in [-0.4, -0.2) is 9.38 Å². The Morgan fingerprint density at radius 2 is 2.24 bits per heavy atom. The summed E-state index contributed by atoms with van der Waals surface area (Å²) < 4.78 is 14.7. The minimum Gasteiger partial charge on any atom is -0.269 e. The minimum absolute atomic E-state index is 0.0324. The van der Waals surface area contributed by atoms with Gasteiger partial charge in [0, 0.05) is 6.20 Å². The summed E-state index contributed by atoms with van der Waals surface area (Å²) in [4.78, 5) is 16.1. The van der Waals surface area contributed by atoms with Crippen molar-refractivity contribution in [3.8, 4) is 0 Å². The number of hydrogen-bond donors (Lipinski definition) is 0. The van der Waals surface area contributed by atoms with Gasteiger partial charge < -0.3 is 0 Å². The van der Waals surface area contributed by atoms with Gasteiger partial charge in [-0.1, -0.05) is 25.4 Å². The Labute approximate surface area is 103 Å². The third-order valence-electron chi connectivity index (χ3n) is 2.46. The number of rotatable bonds is 2. The molecule has 5 heteroatoms. The van der Waals surface area contributed by atoms with Crippen LogP contribution in [0.15, 0.2) is 23.1 Å². The minimum atomic E-state index is -0.553. The predicted octanol–water partition coefficient (Wildman–Crippen LogP) is 2.69. The standard InChI is InChI=1S/C12H12ClFN2O/c1-7(2)6-8-10(13)15-11-9(14)4-3-5-16(11)12(8)17/h3-5,7H,6H2,1-2H3. The lowest BCUT2D eigenvalue weighted by Gasteiger charge is -2.08. The van der Waals surface area contributed by atoms with Crippen LogP contribution in [0.5, 0.6) is 0 Å². The summed E-state index contributed by atoms with van der Waals surface area (Å²) in [6.07, 6.45) is 2.03. The van der Waals surface area contributed by atoms with Gasteiger partial charge in [-0.2, -0.15) is 0 Å². The maximum absolute atomic E-state index is 13.5. The first-order valence-corrected chi connectivity index (χ1v) is 5.73. The quantitative estimate of drug-likeness (QED) is 0.773. The molecule has 90 valence electrons. The molecule has 0 aromatic carbocycles. The van der Waals surface area contributed by atoms with Gasteiger partial charge >= 0.3 is 0 Å². The van der Waals surface area contributed by atoms with Gasteiger partial charge in [-0.05, 0) is 24.5 Å². The van der Waals surface area contributed by atoms with Gasteiger partial charge in [-0.15, -0.1) is 0 Å². The van der Waals surface area contributed by atoms with Gasteiger partial charge in [-0.25, -0.2) is 9.37 Å². The molecule has 2 rings (SSSR count). The maximum atomic E-state index is 13.5. The van der Waals surface area contributed by atoms with Crippen LogP contribution in [0.25, 0.3) is 5.65 Å². The van der Waals surface area contributed by atoms with Crippen LogP contribution in [-0.2, 0) is 6.42 Å². The highest BCUT2D eigenvalue weighted by atomic mass is 35.5. The van der Waals surface area contributed by atoms with Crippen LogP contribution >= 0.6 is 11.6 Å². The van der Waals surface area contributed by atoms with E-state index in [9.17, 15) is 9.18 Å². The Morgan fingerprint density at radius 1 is 1.53 bits per heavy atom. The molecule has 0 aliphatic heterocycles. The third-order valence-corrected chi connectivity index (χ3v) is 2.77. The van der Waals surface area contributed by atoms with E-state index in [1.54, 1.807) is 0 Å². The predicted molar refractivity (Wildman–Crippen MR) is 65.0 cm³/mol. The molecule has 0 aliphatic carbocycles. The zero-order valence-electron chi connectivity index (χ0n) is 9.58. The summed E-state index contributed by atoms with van der Waals surface area (Å²) in [5.74, 6) is -0.267. The molecule has 0 aliphatic rings. The van der Waals surface area contributed by atoms with E-state index < -0.39 is 5.82 Å². The lowest BCUT2D eigenvalue weighted by molar-refractivity contribution is 0.620. The normalized spacial score (nSPS) is 11.4. The molecule has 2 aromatic heterocycles. The summed E-state index contributed by atoms with van der Waals surface area (Å²) in [5, 5.41) is 0.0915. The van der Waals surface area contributed by atoms with Crippen molar-refractivity contribution in [1.29, 1.82) is 0 Å². The van der Waals surface area contributed by atoms with Crippen LogP contribution in [0.4, 0.5) is 4.39 Å². The fourth-order valence-electron chi connectivity index (χ4n) is 1.72. The lowest BCUT2D eigenvalue weighted by Crippen LogP contribution is -2.22. The number of nitrogens with zero attached hydrogens (tertiary/aromatic N) is 2. The molecule has 0 atom stereocenters. The second-order valence-corrected chi connectivity index (χ2v) is 4.69. The van der Waals surface area contributed by atoms with E-state index >= 15 is 0 Å². The fraction of sp³-hybridized carbons (Fsp3) is 0.333. The van der Waals surface area contributed by atoms with Crippen LogP contribution in [0.3, 0.4) is 0 Å². The smallest absolute Gasteiger partial charge is 0.262 e. The average Bonchev–Trinajstić information content (AvgIpc) is 2.26. The van der Waals surface area contributed by atoms with Crippen LogP contribution in [0, 0.1) is 11.7 Å². The molecule has 0 unspecified atom stereocenters. The first-order valence-electron chi connectivity index (χ1n) is 5.36. The summed E-state index contributed by atoms with van der Waals surface area (Å²) in [7, 11) is 0. The van der Waals surface area contributed by atoms with Crippen molar-refractivity contribution in [3.05, 3.63) is 45.2 Å². The molecule has 0 radical (unpaired) electrons. The van der Waals surface area contributed by atoms with Gasteiger partial charge in [0.2, 0.25) is 0 Å². The molecular weight excluding hydrogens is 243 g/mol. The van der Waals surface area contributed by atoms with E-state index in [4.69, 9.17) is 11.6 Å². The summed E-state index contributed by atoms with van der Waals surface area (Å²) in [5.41, 5.74) is 0.105. The SMILES string of the molecule is CC(C)Cc1c(Cl)nc2c(F)cccn2c1=O. The summed E-state index contributed by atoms with van der Waals surface area (Å²) in [6, 6.07) is 2.72. The Morgan fingerprint density at radius 3 is 2.88 bits per heavy atom. The lowest BCUT2D eigenvalue weighted by atomic mass is 10.1. The molecule has 3 nitrogen and oxygen atoms in total. The molecule has 0 fully saturated rings. The van der Waals surface area contributed by atoms with Gasteiger partial charge in [0.1, 0.15) is 5.15 Å². The monoisotopic (exact) mass is 254 g/mol. The first-order chi connectivity index (χ1) is 8.00. The van der Waals surface area contributed by atoms with E-state index in [1.165, 1.54) is 22.7 Å². The largest absolute Gasteiger partial charge is 0.269 e. The molecule has 0 saturated heterocycles. The Balaban J connectivity index is 2.77. The molecule has 0 bridgehead atoms. The second-order valence-electron chi connectivity index (χ2n) is 4.33. The molecule has 0 N–H and O–H groups in total. The highest BCUT2D eigenvalue weighted by Crippen LogP contribution is 2.15. The zero-order valence-corrected chi connectivity index (χ0v) is 10.3. The van der Waals surface area contributed by atoms with Crippen molar-refractivity contribution in [3.63, 3.8) is 0 Å². The highest BCUT2D eigenvalue weighted by molar-refractivity contribution is 6.30. The molecule has 0 spiro atoms.